The molecule has 6 heteroatoms. The van der Waals surface area contributed by atoms with Gasteiger partial charge in [0.2, 0.25) is 0 Å². The maximum Gasteiger partial charge on any atom is 0.251 e. The molecule has 186 valence electrons. The lowest BCUT2D eigenvalue weighted by Gasteiger charge is -2.25. The van der Waals surface area contributed by atoms with Crippen molar-refractivity contribution < 1.29 is 4.79 Å². The first-order valence-corrected chi connectivity index (χ1v) is 13.6. The number of allylic oxidation sites excluding steroid dienone is 5. The van der Waals surface area contributed by atoms with Gasteiger partial charge in [-0.1, -0.05) is 78.0 Å². The second kappa shape index (κ2) is 11.7. The molecule has 37 heavy (non-hydrogen) atoms. The van der Waals surface area contributed by atoms with Gasteiger partial charge in [0.05, 0.1) is 11.4 Å². The molecule has 0 fully saturated rings. The SMILES string of the molecule is CCN(CCNC(=O)c1ccc2c(c1)N=C(c1ccc(Cl)cc1)c1ccccc1S2)C1=CC=CC=CC1. The summed E-state index contributed by atoms with van der Waals surface area (Å²) in [5.74, 6) is -0.0940. The molecular weight excluding hydrogens is 498 g/mol. The molecule has 0 bridgehead atoms. The molecule has 3 aromatic rings. The number of nitrogens with one attached hydrogen (secondary N) is 1. The molecule has 0 unspecified atom stereocenters. The number of amides is 1. The smallest absolute Gasteiger partial charge is 0.251 e. The maximum absolute atomic E-state index is 13.1. The Morgan fingerprint density at radius 3 is 2.70 bits per heavy atom. The van der Waals surface area contributed by atoms with E-state index < -0.39 is 0 Å². The molecule has 1 N–H and O–H groups in total. The molecular formula is C31H28ClN3OS. The fourth-order valence-corrected chi connectivity index (χ4v) is 5.55. The molecule has 1 aliphatic heterocycles. The number of carbonyl (C=O) groups excluding carboxylic acids is 1. The van der Waals surface area contributed by atoms with Crippen molar-refractivity contribution in [3.63, 3.8) is 0 Å². The molecule has 0 atom stereocenters. The van der Waals surface area contributed by atoms with Crippen LogP contribution in [0.4, 0.5) is 5.69 Å². The van der Waals surface area contributed by atoms with Crippen molar-refractivity contribution >= 4 is 40.7 Å². The van der Waals surface area contributed by atoms with E-state index >= 15 is 0 Å². The van der Waals surface area contributed by atoms with Crippen molar-refractivity contribution in [2.45, 2.75) is 23.1 Å². The highest BCUT2D eigenvalue weighted by molar-refractivity contribution is 7.99. The van der Waals surface area contributed by atoms with Crippen LogP contribution in [-0.2, 0) is 0 Å². The topological polar surface area (TPSA) is 44.7 Å². The van der Waals surface area contributed by atoms with Crippen molar-refractivity contribution in [2.75, 3.05) is 19.6 Å². The molecule has 0 radical (unpaired) electrons. The van der Waals surface area contributed by atoms with E-state index in [1.54, 1.807) is 11.8 Å². The summed E-state index contributed by atoms with van der Waals surface area (Å²) in [7, 11) is 0. The predicted molar refractivity (Wildman–Crippen MR) is 154 cm³/mol. The van der Waals surface area contributed by atoms with Gasteiger partial charge in [0.25, 0.3) is 5.91 Å². The van der Waals surface area contributed by atoms with Crippen molar-refractivity contribution in [3.05, 3.63) is 125 Å². The van der Waals surface area contributed by atoms with Crippen LogP contribution >= 0.6 is 23.4 Å². The molecule has 0 saturated carbocycles. The Bertz CT molecular complexity index is 1420. The third-order valence-corrected chi connectivity index (χ3v) is 7.76. The Balaban J connectivity index is 1.36. The number of carbonyl (C=O) groups is 1. The van der Waals surface area contributed by atoms with E-state index in [9.17, 15) is 4.79 Å². The second-order valence-corrected chi connectivity index (χ2v) is 10.3. The normalized spacial score (nSPS) is 14.0. The fourth-order valence-electron chi connectivity index (χ4n) is 4.42. The van der Waals surface area contributed by atoms with Crippen LogP contribution < -0.4 is 5.32 Å². The highest BCUT2D eigenvalue weighted by Gasteiger charge is 2.20. The molecule has 0 spiro atoms. The van der Waals surface area contributed by atoms with Crippen LogP contribution in [0.3, 0.4) is 0 Å². The van der Waals surface area contributed by atoms with Gasteiger partial charge >= 0.3 is 0 Å². The molecule has 1 heterocycles. The van der Waals surface area contributed by atoms with E-state index in [0.717, 1.165) is 51.8 Å². The highest BCUT2D eigenvalue weighted by Crippen LogP contribution is 2.41. The average molecular weight is 526 g/mol. The zero-order chi connectivity index (χ0) is 25.6. The Morgan fingerprint density at radius 2 is 1.86 bits per heavy atom. The van der Waals surface area contributed by atoms with Gasteiger partial charge in [0.1, 0.15) is 0 Å². The van der Waals surface area contributed by atoms with E-state index in [-0.39, 0.29) is 5.91 Å². The van der Waals surface area contributed by atoms with Gasteiger partial charge in [0.15, 0.2) is 0 Å². The number of benzene rings is 3. The zero-order valence-electron chi connectivity index (χ0n) is 20.7. The van der Waals surface area contributed by atoms with E-state index in [4.69, 9.17) is 16.6 Å². The van der Waals surface area contributed by atoms with Crippen LogP contribution in [0.2, 0.25) is 5.02 Å². The van der Waals surface area contributed by atoms with Crippen LogP contribution in [0.25, 0.3) is 0 Å². The largest absolute Gasteiger partial charge is 0.373 e. The summed E-state index contributed by atoms with van der Waals surface area (Å²) in [5.41, 5.74) is 5.57. The van der Waals surface area contributed by atoms with Gasteiger partial charge < -0.3 is 10.2 Å². The second-order valence-electron chi connectivity index (χ2n) is 8.76. The summed E-state index contributed by atoms with van der Waals surface area (Å²) in [4.78, 5) is 22.6. The maximum atomic E-state index is 13.1. The minimum Gasteiger partial charge on any atom is -0.373 e. The summed E-state index contributed by atoms with van der Waals surface area (Å²) in [6.45, 7) is 4.35. The van der Waals surface area contributed by atoms with Gasteiger partial charge in [-0.3, -0.25) is 4.79 Å². The van der Waals surface area contributed by atoms with Crippen molar-refractivity contribution in [3.8, 4) is 0 Å². The molecule has 3 aromatic carbocycles. The fraction of sp³-hybridized carbons (Fsp3) is 0.161. The molecule has 4 nitrogen and oxygen atoms in total. The van der Waals surface area contributed by atoms with Gasteiger partial charge in [-0.2, -0.15) is 0 Å². The summed E-state index contributed by atoms with van der Waals surface area (Å²) in [6, 6.07) is 21.7. The van der Waals surface area contributed by atoms with Crippen molar-refractivity contribution in [2.24, 2.45) is 4.99 Å². The average Bonchev–Trinajstić information content (AvgIpc) is 3.29. The number of aliphatic imine (C=N–C) groups is 1. The Hall–Kier alpha value is -3.54. The van der Waals surface area contributed by atoms with Gasteiger partial charge in [0, 0.05) is 63.3 Å². The first-order chi connectivity index (χ1) is 18.1. The lowest BCUT2D eigenvalue weighted by Crippen LogP contribution is -2.34. The predicted octanol–water partition coefficient (Wildman–Crippen LogP) is 7.43. The van der Waals surface area contributed by atoms with Gasteiger partial charge in [-0.15, -0.1) is 0 Å². The molecule has 5 rings (SSSR count). The van der Waals surface area contributed by atoms with E-state index in [0.29, 0.717) is 17.1 Å². The molecule has 0 saturated heterocycles. The Labute approximate surface area is 227 Å². The van der Waals surface area contributed by atoms with Gasteiger partial charge in [-0.25, -0.2) is 4.99 Å². The monoisotopic (exact) mass is 525 g/mol. The zero-order valence-corrected chi connectivity index (χ0v) is 22.2. The number of halogens is 1. The number of hydrogen-bond donors (Lipinski definition) is 1. The summed E-state index contributed by atoms with van der Waals surface area (Å²) in [5, 5.41) is 3.78. The lowest BCUT2D eigenvalue weighted by atomic mass is 10.0. The lowest BCUT2D eigenvalue weighted by molar-refractivity contribution is 0.0950. The number of hydrogen-bond acceptors (Lipinski definition) is 4. The third-order valence-electron chi connectivity index (χ3n) is 6.36. The Morgan fingerprint density at radius 1 is 1.03 bits per heavy atom. The quantitative estimate of drug-likeness (QED) is 0.273. The van der Waals surface area contributed by atoms with E-state index in [2.05, 4.69) is 53.6 Å². The molecule has 1 aliphatic carbocycles. The summed E-state index contributed by atoms with van der Waals surface area (Å²) < 4.78 is 0. The van der Waals surface area contributed by atoms with Crippen LogP contribution in [-0.4, -0.2) is 36.2 Å². The first kappa shape index (κ1) is 25.1. The third kappa shape index (κ3) is 5.90. The van der Waals surface area contributed by atoms with Crippen LogP contribution in [0, 0.1) is 0 Å². The van der Waals surface area contributed by atoms with Crippen molar-refractivity contribution in [1.82, 2.24) is 10.2 Å². The van der Waals surface area contributed by atoms with Crippen LogP contribution in [0.1, 0.15) is 34.8 Å². The van der Waals surface area contributed by atoms with Crippen molar-refractivity contribution in [1.29, 1.82) is 0 Å². The molecule has 2 aliphatic rings. The van der Waals surface area contributed by atoms with Gasteiger partial charge in [-0.05, 0) is 49.4 Å². The minimum atomic E-state index is -0.0940. The van der Waals surface area contributed by atoms with Crippen LogP contribution in [0.15, 0.2) is 118 Å². The number of rotatable bonds is 7. The Kier molecular flexibility index (Phi) is 7.93. The number of likely N-dealkylation sites (N-methyl/N-ethyl adjacent to an activating group) is 1. The minimum absolute atomic E-state index is 0.0940. The molecule has 0 aromatic heterocycles. The number of fused-ring (bicyclic) bond motifs is 2. The highest BCUT2D eigenvalue weighted by atomic mass is 35.5. The number of nitrogens with zero attached hydrogens (tertiary/aromatic N) is 2. The van der Waals surface area contributed by atoms with E-state index in [1.807, 2.05) is 60.7 Å². The van der Waals surface area contributed by atoms with Crippen LogP contribution in [0.5, 0.6) is 0 Å². The van der Waals surface area contributed by atoms with E-state index in [1.165, 1.54) is 5.70 Å². The molecule has 1 amide bonds. The summed E-state index contributed by atoms with van der Waals surface area (Å²) >= 11 is 7.81. The first-order valence-electron chi connectivity index (χ1n) is 12.4. The summed E-state index contributed by atoms with van der Waals surface area (Å²) in [6.07, 6.45) is 11.4. The standard InChI is InChI=1S/C31H28ClN3OS/c1-2-35(25-9-5-3-4-6-10-25)20-19-33-31(36)23-15-18-29-27(21-23)34-30(22-13-16-24(32)17-14-22)26-11-7-8-12-28(26)37-29/h3-9,11-18,21H,2,10,19-20H2,1H3,(H,33,36).